The molecule has 5 nitrogen and oxygen atoms in total. The van der Waals surface area contributed by atoms with Crippen LogP contribution in [0.4, 0.5) is 5.69 Å². The lowest BCUT2D eigenvalue weighted by molar-refractivity contribution is 0.455. The summed E-state index contributed by atoms with van der Waals surface area (Å²) in [5.41, 5.74) is 4.28. The Morgan fingerprint density at radius 2 is 1.68 bits per heavy atom. The molecule has 0 spiro atoms. The van der Waals surface area contributed by atoms with Crippen molar-refractivity contribution in [1.29, 1.82) is 0 Å². The topological polar surface area (TPSA) is 81.0 Å². The molecular weight excluding hydrogens is 462 g/mol. The van der Waals surface area contributed by atoms with Gasteiger partial charge in [-0.1, -0.05) is 63.2 Å². The van der Waals surface area contributed by atoms with Crippen LogP contribution in [0.5, 0.6) is 11.6 Å². The second kappa shape index (κ2) is 8.34. The number of hydrogen-bond acceptors (Lipinski definition) is 6. The van der Waals surface area contributed by atoms with Gasteiger partial charge in [0, 0.05) is 5.56 Å². The molecule has 0 fully saturated rings. The van der Waals surface area contributed by atoms with Crippen LogP contribution in [0.25, 0.3) is 17.2 Å². The predicted octanol–water partition coefficient (Wildman–Crippen LogP) is 5.72. The van der Waals surface area contributed by atoms with E-state index < -0.39 is 0 Å². The Balaban J connectivity index is 1.51. The minimum absolute atomic E-state index is 0.0571. The number of nitrogens with zero attached hydrogens (tertiary/aromatic N) is 2. The average molecular weight is 486 g/mol. The van der Waals surface area contributed by atoms with E-state index >= 15 is 0 Å². The molecule has 2 heterocycles. The number of phenolic OH excluding ortho intramolecular Hbond substituents is 1. The quantitative estimate of drug-likeness (QED) is 0.325. The maximum absolute atomic E-state index is 11.1. The van der Waals surface area contributed by atoms with Gasteiger partial charge < -0.3 is 15.2 Å². The fraction of sp³-hybridized carbons (Fsp3) is 0.148. The Bertz CT molecular complexity index is 1620. The number of para-hydroxylation sites is 1. The summed E-state index contributed by atoms with van der Waals surface area (Å²) in [6.07, 6.45) is 1.85. The van der Waals surface area contributed by atoms with Crippen molar-refractivity contribution in [3.63, 3.8) is 0 Å². The lowest BCUT2D eigenvalue weighted by Gasteiger charge is -2.19. The number of aliphatic imine (C=N–C) groups is 1. The number of amidine groups is 1. The van der Waals surface area contributed by atoms with Crippen molar-refractivity contribution in [2.45, 2.75) is 26.2 Å². The van der Waals surface area contributed by atoms with Crippen molar-refractivity contribution >= 4 is 41.2 Å². The van der Waals surface area contributed by atoms with Crippen LogP contribution in [0, 0.1) is 3.95 Å². The van der Waals surface area contributed by atoms with E-state index in [1.165, 1.54) is 16.9 Å². The molecule has 0 saturated heterocycles. The SMILES string of the molecule is CC(C)(C)c1ccc(-c2cccc(C3=Nc4cc(=Cc5sc(=S)[nH]c5O)ccc4=N3)c2O)cc1. The Morgan fingerprint density at radius 1 is 0.941 bits per heavy atom. The van der Waals surface area contributed by atoms with Gasteiger partial charge in [0.15, 0.2) is 9.79 Å². The Hall–Kier alpha value is -3.55. The van der Waals surface area contributed by atoms with Crippen molar-refractivity contribution in [3.05, 3.63) is 91.2 Å². The maximum Gasteiger partial charge on any atom is 0.207 e. The summed E-state index contributed by atoms with van der Waals surface area (Å²) in [6.45, 7) is 6.54. The Labute approximate surface area is 206 Å². The van der Waals surface area contributed by atoms with E-state index in [2.05, 4.69) is 47.9 Å². The molecule has 0 bridgehead atoms. The summed E-state index contributed by atoms with van der Waals surface area (Å²) >= 11 is 6.39. The second-order valence-corrected chi connectivity index (χ2v) is 10.9. The molecule has 34 heavy (non-hydrogen) atoms. The largest absolute Gasteiger partial charge is 0.507 e. The highest BCUT2D eigenvalue weighted by Gasteiger charge is 2.18. The van der Waals surface area contributed by atoms with Gasteiger partial charge in [-0.2, -0.15) is 0 Å². The van der Waals surface area contributed by atoms with Crippen LogP contribution >= 0.6 is 23.6 Å². The van der Waals surface area contributed by atoms with Gasteiger partial charge in [-0.25, -0.2) is 9.98 Å². The second-order valence-electron chi connectivity index (χ2n) is 9.20. The number of phenols is 1. The third-order valence-corrected chi connectivity index (χ3v) is 6.92. The minimum Gasteiger partial charge on any atom is -0.507 e. The highest BCUT2D eigenvalue weighted by atomic mass is 32.1. The number of rotatable bonds is 3. The number of fused-ring (bicyclic) bond motifs is 1. The number of aromatic hydroxyl groups is 2. The van der Waals surface area contributed by atoms with Crippen LogP contribution in [0.1, 0.15) is 36.8 Å². The monoisotopic (exact) mass is 485 g/mol. The van der Waals surface area contributed by atoms with Crippen molar-refractivity contribution in [2.24, 2.45) is 9.98 Å². The molecule has 1 aliphatic rings. The van der Waals surface area contributed by atoms with Crippen LogP contribution in [0.2, 0.25) is 0 Å². The summed E-state index contributed by atoms with van der Waals surface area (Å²) in [7, 11) is 0. The first kappa shape index (κ1) is 22.3. The number of hydrogen-bond donors (Lipinski definition) is 3. The van der Waals surface area contributed by atoms with Gasteiger partial charge >= 0.3 is 0 Å². The zero-order valence-corrected chi connectivity index (χ0v) is 20.6. The molecule has 0 radical (unpaired) electrons. The molecule has 0 atom stereocenters. The normalized spacial score (nSPS) is 13.5. The first-order chi connectivity index (χ1) is 16.2. The summed E-state index contributed by atoms with van der Waals surface area (Å²) < 4.78 is 0.517. The van der Waals surface area contributed by atoms with E-state index in [0.29, 0.717) is 25.9 Å². The number of aromatic nitrogens is 1. The zero-order chi connectivity index (χ0) is 24.0. The predicted molar refractivity (Wildman–Crippen MR) is 140 cm³/mol. The molecule has 4 aromatic rings. The van der Waals surface area contributed by atoms with Gasteiger partial charge in [-0.3, -0.25) is 0 Å². The maximum atomic E-state index is 11.1. The molecule has 7 heteroatoms. The minimum atomic E-state index is 0.0571. The summed E-state index contributed by atoms with van der Waals surface area (Å²) in [6, 6.07) is 19.6. The molecule has 0 saturated carbocycles. The lowest BCUT2D eigenvalue weighted by atomic mass is 9.86. The molecule has 170 valence electrons. The number of thiazole rings is 1. The highest BCUT2D eigenvalue weighted by Crippen LogP contribution is 2.35. The zero-order valence-electron chi connectivity index (χ0n) is 19.0. The number of H-pyrrole nitrogens is 1. The molecule has 1 aromatic heterocycles. The van der Waals surface area contributed by atoms with Crippen molar-refractivity contribution in [1.82, 2.24) is 4.98 Å². The fourth-order valence-corrected chi connectivity index (χ4v) is 4.93. The standard InChI is InChI=1S/C27H23N3O2S2/c1-27(2,3)17-10-8-16(9-11-17)18-5-4-6-19(23(18)31)24-28-20-12-7-15(13-21(20)29-24)14-22-25(32)30-26(33)34-22/h4-14,31-32H,1-3H3,(H,30,33). The Kier molecular flexibility index (Phi) is 5.46. The number of nitrogens with one attached hydrogen (secondary N) is 1. The number of aromatic amines is 1. The van der Waals surface area contributed by atoms with E-state index in [1.54, 1.807) is 0 Å². The van der Waals surface area contributed by atoms with Crippen LogP contribution in [0.15, 0.2) is 70.6 Å². The number of benzene rings is 3. The van der Waals surface area contributed by atoms with Crippen LogP contribution in [0.3, 0.4) is 0 Å². The molecule has 1 aliphatic heterocycles. The van der Waals surface area contributed by atoms with Gasteiger partial charge in [-0.05, 0) is 58.3 Å². The fourth-order valence-electron chi connectivity index (χ4n) is 3.88. The van der Waals surface area contributed by atoms with E-state index in [-0.39, 0.29) is 17.0 Å². The summed E-state index contributed by atoms with van der Waals surface area (Å²) in [5, 5.41) is 22.7. The van der Waals surface area contributed by atoms with Gasteiger partial charge in [-0.15, -0.1) is 11.3 Å². The van der Waals surface area contributed by atoms with Crippen molar-refractivity contribution in [3.8, 4) is 22.8 Å². The third-order valence-electron chi connectivity index (χ3n) is 5.75. The molecule has 0 amide bonds. The van der Waals surface area contributed by atoms with E-state index in [4.69, 9.17) is 12.2 Å². The van der Waals surface area contributed by atoms with Gasteiger partial charge in [0.1, 0.15) is 5.75 Å². The smallest absolute Gasteiger partial charge is 0.207 e. The molecular formula is C27H23N3O2S2. The molecule has 3 aromatic carbocycles. The van der Waals surface area contributed by atoms with Gasteiger partial charge in [0.25, 0.3) is 0 Å². The van der Waals surface area contributed by atoms with Crippen molar-refractivity contribution < 1.29 is 10.2 Å². The summed E-state index contributed by atoms with van der Waals surface area (Å²) in [5.74, 6) is 0.685. The highest BCUT2D eigenvalue weighted by molar-refractivity contribution is 7.73. The van der Waals surface area contributed by atoms with Crippen molar-refractivity contribution in [2.75, 3.05) is 0 Å². The third kappa shape index (κ3) is 4.20. The van der Waals surface area contributed by atoms with Crippen LogP contribution < -0.4 is 10.6 Å². The van der Waals surface area contributed by atoms with Crippen LogP contribution in [-0.4, -0.2) is 21.0 Å². The molecule has 3 N–H and O–H groups in total. The average Bonchev–Trinajstić information content (AvgIpc) is 3.35. The summed E-state index contributed by atoms with van der Waals surface area (Å²) in [4.78, 5) is 12.7. The van der Waals surface area contributed by atoms with E-state index in [1.807, 2.05) is 54.6 Å². The Morgan fingerprint density at radius 3 is 2.35 bits per heavy atom. The van der Waals surface area contributed by atoms with E-state index in [9.17, 15) is 10.2 Å². The van der Waals surface area contributed by atoms with Gasteiger partial charge in [0.05, 0.1) is 21.5 Å². The molecule has 5 rings (SSSR count). The van der Waals surface area contributed by atoms with E-state index in [0.717, 1.165) is 21.7 Å². The first-order valence-electron chi connectivity index (χ1n) is 10.8. The molecule has 0 aliphatic carbocycles. The first-order valence-corrected chi connectivity index (χ1v) is 12.1. The lowest BCUT2D eigenvalue weighted by Crippen LogP contribution is -2.10. The van der Waals surface area contributed by atoms with Crippen LogP contribution in [-0.2, 0) is 5.41 Å². The van der Waals surface area contributed by atoms with Gasteiger partial charge in [0.2, 0.25) is 5.88 Å². The molecule has 0 unspecified atom stereocenters.